The van der Waals surface area contributed by atoms with Crippen molar-refractivity contribution in [2.75, 3.05) is 0 Å². The third-order valence-electron chi connectivity index (χ3n) is 0.626. The smallest absolute Gasteiger partial charge is 0.306 e. The first-order chi connectivity index (χ1) is 4.13. The molecule has 0 rings (SSSR count). The maximum absolute atomic E-state index is 9.87. The molecule has 0 aromatic carbocycles. The first kappa shape index (κ1) is 8.43. The van der Waals surface area contributed by atoms with E-state index in [1.165, 1.54) is 6.61 Å². The van der Waals surface area contributed by atoms with Crippen LogP contribution in [0.5, 0.6) is 0 Å². The number of ether oxygens (including phenoxy) is 1. The molecule has 0 aliphatic heterocycles. The summed E-state index contributed by atoms with van der Waals surface area (Å²) in [4.78, 5) is 9.87. The Balaban J connectivity index is 3.01. The van der Waals surface area contributed by atoms with Crippen molar-refractivity contribution >= 4 is 5.97 Å². The van der Waals surface area contributed by atoms with Crippen LogP contribution in [0.2, 0.25) is 0 Å². The van der Waals surface area contributed by atoms with E-state index in [0.717, 1.165) is 0 Å². The van der Waals surface area contributed by atoms with Gasteiger partial charge >= 0.3 is 5.97 Å². The van der Waals surface area contributed by atoms with Gasteiger partial charge in [-0.1, -0.05) is 0 Å². The van der Waals surface area contributed by atoms with Gasteiger partial charge in [0.2, 0.25) is 0 Å². The highest BCUT2D eigenvalue weighted by Gasteiger charge is 1.97. The molecule has 0 fully saturated rings. The quantitative estimate of drug-likeness (QED) is 0.620. The van der Waals surface area contributed by atoms with Gasteiger partial charge in [-0.2, -0.15) is 0 Å². The molecule has 0 saturated heterocycles. The van der Waals surface area contributed by atoms with Crippen LogP contribution in [0.25, 0.3) is 0 Å². The van der Waals surface area contributed by atoms with Crippen molar-refractivity contribution in [2.45, 2.75) is 26.4 Å². The van der Waals surface area contributed by atoms with Crippen molar-refractivity contribution in [2.24, 2.45) is 0 Å². The largest absolute Gasteiger partial charge is 0.481 e. The first-order valence-electron chi connectivity index (χ1n) is 2.82. The lowest BCUT2D eigenvalue weighted by molar-refractivity contribution is -0.137. The van der Waals surface area contributed by atoms with Crippen LogP contribution < -0.4 is 0 Å². The SMILES string of the molecule is CC(C)O[CH]CC(=O)O. The Hall–Kier alpha value is -0.570. The predicted molar refractivity (Wildman–Crippen MR) is 32.8 cm³/mol. The Morgan fingerprint density at radius 2 is 2.33 bits per heavy atom. The highest BCUT2D eigenvalue weighted by Crippen LogP contribution is 1.94. The van der Waals surface area contributed by atoms with Gasteiger partial charge in [-0.3, -0.25) is 4.79 Å². The number of carboxylic acid groups (broad SMARTS) is 1. The van der Waals surface area contributed by atoms with Crippen molar-refractivity contribution < 1.29 is 14.6 Å². The van der Waals surface area contributed by atoms with Gasteiger partial charge < -0.3 is 9.84 Å². The molecule has 0 saturated carbocycles. The van der Waals surface area contributed by atoms with Crippen molar-refractivity contribution in [1.82, 2.24) is 0 Å². The zero-order chi connectivity index (χ0) is 7.28. The molecule has 53 valence electrons. The average molecular weight is 131 g/mol. The Labute approximate surface area is 54.6 Å². The Kier molecular flexibility index (Phi) is 4.05. The van der Waals surface area contributed by atoms with Crippen molar-refractivity contribution in [1.29, 1.82) is 0 Å². The van der Waals surface area contributed by atoms with E-state index in [1.54, 1.807) is 0 Å². The summed E-state index contributed by atoms with van der Waals surface area (Å²) in [5.74, 6) is -0.865. The van der Waals surface area contributed by atoms with E-state index in [2.05, 4.69) is 0 Å². The maximum atomic E-state index is 9.87. The molecule has 3 nitrogen and oxygen atoms in total. The third-order valence-corrected chi connectivity index (χ3v) is 0.626. The summed E-state index contributed by atoms with van der Waals surface area (Å²) in [6.45, 7) is 4.99. The van der Waals surface area contributed by atoms with Gasteiger partial charge in [0, 0.05) is 0 Å². The van der Waals surface area contributed by atoms with Crippen LogP contribution in [0.1, 0.15) is 20.3 Å². The normalized spacial score (nSPS) is 10.1. The topological polar surface area (TPSA) is 46.5 Å². The zero-order valence-corrected chi connectivity index (χ0v) is 5.63. The van der Waals surface area contributed by atoms with Gasteiger partial charge in [-0.05, 0) is 13.8 Å². The summed E-state index contributed by atoms with van der Waals surface area (Å²) in [7, 11) is 0. The van der Waals surface area contributed by atoms with Crippen LogP contribution in [0.4, 0.5) is 0 Å². The predicted octanol–water partition coefficient (Wildman–Crippen LogP) is 1.05. The summed E-state index contributed by atoms with van der Waals surface area (Å²) in [5, 5.41) is 8.12. The van der Waals surface area contributed by atoms with Crippen LogP contribution in [-0.4, -0.2) is 17.2 Å². The van der Waals surface area contributed by atoms with Crippen LogP contribution >= 0.6 is 0 Å². The van der Waals surface area contributed by atoms with Gasteiger partial charge in [0.25, 0.3) is 0 Å². The summed E-state index contributed by atoms with van der Waals surface area (Å²) >= 11 is 0. The second kappa shape index (κ2) is 4.32. The second-order valence-electron chi connectivity index (χ2n) is 1.95. The van der Waals surface area contributed by atoms with Crippen molar-refractivity contribution in [3.05, 3.63) is 6.61 Å². The lowest BCUT2D eigenvalue weighted by Crippen LogP contribution is -2.03. The minimum atomic E-state index is -0.865. The van der Waals surface area contributed by atoms with Crippen LogP contribution in [0, 0.1) is 6.61 Å². The summed E-state index contributed by atoms with van der Waals surface area (Å²) in [5.41, 5.74) is 0. The lowest BCUT2D eigenvalue weighted by Gasteiger charge is -2.02. The van der Waals surface area contributed by atoms with Gasteiger partial charge in [-0.25, -0.2) is 0 Å². The Morgan fingerprint density at radius 1 is 1.78 bits per heavy atom. The molecule has 0 aromatic rings. The molecule has 0 amide bonds. The Morgan fingerprint density at radius 3 is 2.67 bits per heavy atom. The second-order valence-corrected chi connectivity index (χ2v) is 1.95. The molecule has 0 aliphatic rings. The highest BCUT2D eigenvalue weighted by atomic mass is 16.5. The van der Waals surface area contributed by atoms with E-state index in [1.807, 2.05) is 13.8 Å². The number of aliphatic carboxylic acids is 1. The molecule has 0 aliphatic carbocycles. The van der Waals surface area contributed by atoms with Crippen molar-refractivity contribution in [3.8, 4) is 0 Å². The fraction of sp³-hybridized carbons (Fsp3) is 0.667. The Bertz CT molecular complexity index is 88.3. The summed E-state index contributed by atoms with van der Waals surface area (Å²) < 4.78 is 4.85. The van der Waals surface area contributed by atoms with E-state index in [0.29, 0.717) is 0 Å². The maximum Gasteiger partial charge on any atom is 0.306 e. The molecule has 0 spiro atoms. The third kappa shape index (κ3) is 7.43. The van der Waals surface area contributed by atoms with E-state index < -0.39 is 5.97 Å². The molecular weight excluding hydrogens is 120 g/mol. The van der Waals surface area contributed by atoms with E-state index in [-0.39, 0.29) is 12.5 Å². The van der Waals surface area contributed by atoms with E-state index >= 15 is 0 Å². The van der Waals surface area contributed by atoms with E-state index in [9.17, 15) is 4.79 Å². The zero-order valence-electron chi connectivity index (χ0n) is 5.63. The van der Waals surface area contributed by atoms with Gasteiger partial charge in [-0.15, -0.1) is 0 Å². The number of carbonyl (C=O) groups is 1. The van der Waals surface area contributed by atoms with Gasteiger partial charge in [0.15, 0.2) is 0 Å². The standard InChI is InChI=1S/C6H11O3/c1-5(2)9-4-3-6(7)8/h4-5H,3H2,1-2H3,(H,7,8). The van der Waals surface area contributed by atoms with E-state index in [4.69, 9.17) is 9.84 Å². The molecule has 3 heteroatoms. The number of hydrogen-bond acceptors (Lipinski definition) is 2. The fourth-order valence-corrected chi connectivity index (χ4v) is 0.312. The minimum absolute atomic E-state index is 0.0296. The highest BCUT2D eigenvalue weighted by molar-refractivity contribution is 5.67. The fourth-order valence-electron chi connectivity index (χ4n) is 0.312. The lowest BCUT2D eigenvalue weighted by atomic mass is 10.4. The first-order valence-corrected chi connectivity index (χ1v) is 2.82. The molecule has 0 atom stereocenters. The average Bonchev–Trinajstić information content (AvgIpc) is 1.63. The van der Waals surface area contributed by atoms with Crippen LogP contribution in [-0.2, 0) is 9.53 Å². The van der Waals surface area contributed by atoms with Crippen LogP contribution in [0.3, 0.4) is 0 Å². The molecule has 1 radical (unpaired) electrons. The monoisotopic (exact) mass is 131 g/mol. The van der Waals surface area contributed by atoms with Crippen LogP contribution in [0.15, 0.2) is 0 Å². The molecule has 0 unspecified atom stereocenters. The molecule has 0 aromatic heterocycles. The molecule has 1 N–H and O–H groups in total. The molecule has 9 heavy (non-hydrogen) atoms. The van der Waals surface area contributed by atoms with Crippen molar-refractivity contribution in [3.63, 3.8) is 0 Å². The summed E-state index contributed by atoms with van der Waals surface area (Å²) in [6.07, 6.45) is 0.0439. The number of rotatable bonds is 4. The minimum Gasteiger partial charge on any atom is -0.481 e. The molecular formula is C6H11O3. The van der Waals surface area contributed by atoms with Gasteiger partial charge in [0.05, 0.1) is 19.1 Å². The number of hydrogen-bond donors (Lipinski definition) is 1. The molecule has 0 bridgehead atoms. The number of carboxylic acids is 1. The summed E-state index contributed by atoms with van der Waals surface area (Å²) in [6, 6.07) is 0. The molecule has 0 heterocycles. The van der Waals surface area contributed by atoms with Gasteiger partial charge in [0.1, 0.15) is 0 Å².